The Morgan fingerprint density at radius 3 is 2.20 bits per heavy atom. The summed E-state index contributed by atoms with van der Waals surface area (Å²) in [6.07, 6.45) is 0. The molecule has 0 aliphatic heterocycles. The van der Waals surface area contributed by atoms with Gasteiger partial charge in [0.25, 0.3) is 0 Å². The largest absolute Gasteiger partial charge is 0.493 e. The molecule has 0 saturated heterocycles. The highest BCUT2D eigenvalue weighted by Gasteiger charge is 2.19. The van der Waals surface area contributed by atoms with Gasteiger partial charge in [0, 0.05) is 9.50 Å². The number of benzene rings is 2. The maximum Gasteiger partial charge on any atom is 0.161 e. The van der Waals surface area contributed by atoms with Crippen molar-refractivity contribution in [2.45, 2.75) is 5.38 Å². The molecule has 0 aliphatic carbocycles. The lowest BCUT2D eigenvalue weighted by Gasteiger charge is -2.17. The predicted octanol–water partition coefficient (Wildman–Crippen LogP) is 5.45. The summed E-state index contributed by atoms with van der Waals surface area (Å²) >= 11 is 16.3. The van der Waals surface area contributed by atoms with Crippen LogP contribution in [0.1, 0.15) is 16.5 Å². The van der Waals surface area contributed by atoms with Gasteiger partial charge < -0.3 is 9.47 Å². The van der Waals surface area contributed by atoms with Crippen LogP contribution < -0.4 is 9.47 Å². The van der Waals surface area contributed by atoms with Crippen molar-refractivity contribution >= 4 is 39.1 Å². The average Bonchev–Trinajstić information content (AvgIpc) is 2.46. The highest BCUT2D eigenvalue weighted by Crippen LogP contribution is 2.42. The molecule has 0 heterocycles. The summed E-state index contributed by atoms with van der Waals surface area (Å²) in [5.41, 5.74) is 1.72. The number of rotatable bonds is 4. The van der Waals surface area contributed by atoms with Crippen molar-refractivity contribution in [1.29, 1.82) is 0 Å². The second-order valence-corrected chi connectivity index (χ2v) is 5.81. The normalized spacial score (nSPS) is 12.1. The first-order valence-corrected chi connectivity index (χ1v) is 7.49. The smallest absolute Gasteiger partial charge is 0.161 e. The van der Waals surface area contributed by atoms with Crippen LogP contribution in [-0.4, -0.2) is 14.2 Å². The Balaban J connectivity index is 2.50. The Hall–Kier alpha value is -0.900. The molecule has 0 spiro atoms. The van der Waals surface area contributed by atoms with Gasteiger partial charge in [-0.2, -0.15) is 0 Å². The summed E-state index contributed by atoms with van der Waals surface area (Å²) in [5, 5.41) is 0.257. The Labute approximate surface area is 136 Å². The number of hydrogen-bond donors (Lipinski definition) is 0. The van der Waals surface area contributed by atoms with E-state index in [9.17, 15) is 0 Å². The van der Waals surface area contributed by atoms with E-state index in [1.165, 1.54) is 0 Å². The first-order chi connectivity index (χ1) is 9.58. The lowest BCUT2D eigenvalue weighted by molar-refractivity contribution is 0.354. The SMILES string of the molecule is COc1cc(Br)c(C(Cl)c2ccccc2Cl)cc1OC. The molecule has 20 heavy (non-hydrogen) atoms. The van der Waals surface area contributed by atoms with Crippen LogP contribution in [0.25, 0.3) is 0 Å². The number of ether oxygens (including phenoxy) is 2. The predicted molar refractivity (Wildman–Crippen MR) is 86.4 cm³/mol. The molecule has 0 aliphatic rings. The first-order valence-electron chi connectivity index (χ1n) is 5.88. The molecule has 0 radical (unpaired) electrons. The van der Waals surface area contributed by atoms with E-state index in [1.54, 1.807) is 14.2 Å². The van der Waals surface area contributed by atoms with Gasteiger partial charge in [-0.1, -0.05) is 45.7 Å². The van der Waals surface area contributed by atoms with E-state index in [4.69, 9.17) is 32.7 Å². The Kier molecular flexibility index (Phi) is 5.19. The minimum absolute atomic E-state index is 0.377. The molecule has 0 bridgehead atoms. The first kappa shape index (κ1) is 15.5. The summed E-state index contributed by atoms with van der Waals surface area (Å²) in [6.45, 7) is 0. The molecule has 1 unspecified atom stereocenters. The van der Waals surface area contributed by atoms with Crippen LogP contribution >= 0.6 is 39.1 Å². The fourth-order valence-electron chi connectivity index (χ4n) is 1.91. The van der Waals surface area contributed by atoms with Gasteiger partial charge in [0.1, 0.15) is 0 Å². The van der Waals surface area contributed by atoms with Gasteiger partial charge >= 0.3 is 0 Å². The Bertz CT molecular complexity index is 617. The van der Waals surface area contributed by atoms with Crippen molar-refractivity contribution in [3.05, 3.63) is 57.0 Å². The minimum atomic E-state index is -0.377. The van der Waals surface area contributed by atoms with Gasteiger partial charge in [-0.25, -0.2) is 0 Å². The van der Waals surface area contributed by atoms with Crippen LogP contribution in [0.2, 0.25) is 5.02 Å². The molecule has 2 aromatic carbocycles. The number of hydrogen-bond acceptors (Lipinski definition) is 2. The Morgan fingerprint density at radius 2 is 1.60 bits per heavy atom. The van der Waals surface area contributed by atoms with Crippen LogP contribution in [-0.2, 0) is 0 Å². The van der Waals surface area contributed by atoms with Crippen LogP contribution in [0.4, 0.5) is 0 Å². The third-order valence-corrected chi connectivity index (χ3v) is 4.46. The highest BCUT2D eigenvalue weighted by atomic mass is 79.9. The molecule has 1 atom stereocenters. The van der Waals surface area contributed by atoms with Gasteiger partial charge in [-0.05, 0) is 29.3 Å². The van der Waals surface area contributed by atoms with E-state index in [0.717, 1.165) is 15.6 Å². The lowest BCUT2D eigenvalue weighted by atomic mass is 10.0. The van der Waals surface area contributed by atoms with Gasteiger partial charge in [0.05, 0.1) is 19.6 Å². The van der Waals surface area contributed by atoms with E-state index in [1.807, 2.05) is 36.4 Å². The quantitative estimate of drug-likeness (QED) is 0.661. The molecule has 0 fully saturated rings. The zero-order valence-corrected chi connectivity index (χ0v) is 14.1. The third-order valence-electron chi connectivity index (χ3n) is 2.95. The molecular formula is C15H13BrCl2O2. The molecule has 0 amide bonds. The molecular weight excluding hydrogens is 363 g/mol. The van der Waals surface area contributed by atoms with E-state index < -0.39 is 0 Å². The molecule has 2 rings (SSSR count). The van der Waals surface area contributed by atoms with Gasteiger partial charge in [0.15, 0.2) is 11.5 Å². The van der Waals surface area contributed by atoms with Crippen molar-refractivity contribution < 1.29 is 9.47 Å². The number of methoxy groups -OCH3 is 2. The second-order valence-electron chi connectivity index (χ2n) is 4.11. The monoisotopic (exact) mass is 374 g/mol. The van der Waals surface area contributed by atoms with Crippen molar-refractivity contribution in [2.75, 3.05) is 14.2 Å². The van der Waals surface area contributed by atoms with Crippen LogP contribution in [0.3, 0.4) is 0 Å². The zero-order chi connectivity index (χ0) is 14.7. The topological polar surface area (TPSA) is 18.5 Å². The van der Waals surface area contributed by atoms with Crippen molar-refractivity contribution in [3.63, 3.8) is 0 Å². The fraction of sp³-hybridized carbons (Fsp3) is 0.200. The van der Waals surface area contributed by atoms with E-state index in [-0.39, 0.29) is 5.38 Å². The molecule has 0 saturated carbocycles. The van der Waals surface area contributed by atoms with Crippen molar-refractivity contribution in [2.24, 2.45) is 0 Å². The van der Waals surface area contributed by atoms with E-state index >= 15 is 0 Å². The Morgan fingerprint density at radius 1 is 1.00 bits per heavy atom. The molecule has 2 aromatic rings. The summed E-state index contributed by atoms with van der Waals surface area (Å²) in [7, 11) is 3.19. The molecule has 0 aromatic heterocycles. The van der Waals surface area contributed by atoms with E-state index in [0.29, 0.717) is 16.5 Å². The summed E-state index contributed by atoms with van der Waals surface area (Å²) in [5.74, 6) is 1.27. The summed E-state index contributed by atoms with van der Waals surface area (Å²) < 4.78 is 11.4. The summed E-state index contributed by atoms with van der Waals surface area (Å²) in [6, 6.07) is 11.2. The maximum absolute atomic E-state index is 6.56. The standard InChI is InChI=1S/C15H13BrCl2O2/c1-19-13-7-10(11(16)8-14(13)20-2)15(18)9-5-3-4-6-12(9)17/h3-8,15H,1-2H3. The van der Waals surface area contributed by atoms with E-state index in [2.05, 4.69) is 15.9 Å². The van der Waals surface area contributed by atoms with Crippen molar-refractivity contribution in [3.8, 4) is 11.5 Å². The molecule has 0 N–H and O–H groups in total. The van der Waals surface area contributed by atoms with Gasteiger partial charge in [-0.15, -0.1) is 11.6 Å². The van der Waals surface area contributed by atoms with Crippen LogP contribution in [0, 0.1) is 0 Å². The average molecular weight is 376 g/mol. The fourth-order valence-corrected chi connectivity index (χ4v) is 3.27. The maximum atomic E-state index is 6.56. The van der Waals surface area contributed by atoms with Crippen LogP contribution in [0.5, 0.6) is 11.5 Å². The summed E-state index contributed by atoms with van der Waals surface area (Å²) in [4.78, 5) is 0. The van der Waals surface area contributed by atoms with Crippen molar-refractivity contribution in [1.82, 2.24) is 0 Å². The number of halogens is 3. The zero-order valence-electron chi connectivity index (χ0n) is 11.0. The number of alkyl halides is 1. The van der Waals surface area contributed by atoms with Gasteiger partial charge in [-0.3, -0.25) is 0 Å². The molecule has 5 heteroatoms. The minimum Gasteiger partial charge on any atom is -0.493 e. The molecule has 106 valence electrons. The van der Waals surface area contributed by atoms with Crippen LogP contribution in [0.15, 0.2) is 40.9 Å². The second kappa shape index (κ2) is 6.70. The third kappa shape index (κ3) is 3.05. The lowest BCUT2D eigenvalue weighted by Crippen LogP contribution is -1.98. The van der Waals surface area contributed by atoms with Gasteiger partial charge in [0.2, 0.25) is 0 Å². The highest BCUT2D eigenvalue weighted by molar-refractivity contribution is 9.10. The molecule has 2 nitrogen and oxygen atoms in total.